The van der Waals surface area contributed by atoms with E-state index in [-0.39, 0.29) is 6.04 Å². The number of benzene rings is 2. The van der Waals surface area contributed by atoms with Crippen molar-refractivity contribution in [2.24, 2.45) is 0 Å². The average Bonchev–Trinajstić information content (AvgIpc) is 3.42. The number of allylic oxidation sites excluding steroid dienone is 5. The molecule has 1 nitrogen and oxygen atoms in total. The molecule has 4 heteroatoms. The van der Waals surface area contributed by atoms with E-state index in [2.05, 4.69) is 89.8 Å². The Balaban J connectivity index is 0.000000207. The van der Waals surface area contributed by atoms with E-state index < -0.39 is 20.8 Å². The normalized spacial score (nSPS) is 15.7. The van der Waals surface area contributed by atoms with Crippen molar-refractivity contribution in [3.8, 4) is 0 Å². The summed E-state index contributed by atoms with van der Waals surface area (Å²) in [5, 5.41) is 2.56. The van der Waals surface area contributed by atoms with E-state index >= 15 is 0 Å². The molecule has 0 fully saturated rings. The zero-order valence-corrected chi connectivity index (χ0v) is 18.0. The van der Waals surface area contributed by atoms with E-state index in [0.717, 1.165) is 6.42 Å². The van der Waals surface area contributed by atoms with Gasteiger partial charge in [0, 0.05) is 12.4 Å². The molecule has 2 aromatic carbocycles. The van der Waals surface area contributed by atoms with Crippen molar-refractivity contribution < 1.29 is 20.8 Å². The number of nitrogens with zero attached hydrogens (tertiary/aromatic N) is 1. The van der Waals surface area contributed by atoms with Gasteiger partial charge in [0.05, 0.1) is 0 Å². The van der Waals surface area contributed by atoms with Gasteiger partial charge in [0.2, 0.25) is 0 Å². The van der Waals surface area contributed by atoms with Crippen LogP contribution in [-0.2, 0) is 20.8 Å². The third kappa shape index (κ3) is 4.88. The summed E-state index contributed by atoms with van der Waals surface area (Å²) in [6.45, 7) is 0. The fraction of sp³-hybridized carbons (Fsp3) is 0.0909. The first kappa shape index (κ1) is 19.4. The first-order valence-electron chi connectivity index (χ1n) is 8.26. The second-order valence-electron chi connectivity index (χ2n) is 5.75. The molecule has 1 aromatic heterocycles. The minimum absolute atomic E-state index is 0.216. The Labute approximate surface area is 173 Å². The first-order valence-corrected chi connectivity index (χ1v) is 14.6. The monoisotopic (exact) mass is 455 g/mol. The summed E-state index contributed by atoms with van der Waals surface area (Å²) >= 11 is -0.826. The van der Waals surface area contributed by atoms with Crippen molar-refractivity contribution in [1.29, 1.82) is 0 Å². The standard InChI is InChI=1S/C17H12N.C5H5.2ClH.Zr/c1-2-7-15-12-18(11-14(15)6-1)17-10-9-13-5-3-4-8-16(13)17;1-2-4-5-3-1;;;/h1-9,11-12,17H;1-3H,4H2;2*1H;/q2*-1;;;+4/p-2. The van der Waals surface area contributed by atoms with Crippen LogP contribution < -0.4 is 0 Å². The summed E-state index contributed by atoms with van der Waals surface area (Å²) in [6, 6.07) is 17.2. The molecular formula is C22H17Cl2NZr. The van der Waals surface area contributed by atoms with Crippen molar-refractivity contribution in [3.05, 3.63) is 102 Å². The Kier molecular flexibility index (Phi) is 7.56. The maximum atomic E-state index is 4.93. The van der Waals surface area contributed by atoms with Gasteiger partial charge in [0.1, 0.15) is 0 Å². The van der Waals surface area contributed by atoms with E-state index in [1.165, 1.54) is 21.9 Å². The zero-order chi connectivity index (χ0) is 18.2. The molecule has 1 atom stereocenters. The quantitative estimate of drug-likeness (QED) is 0.357. The molecule has 5 rings (SSSR count). The van der Waals surface area contributed by atoms with Crippen LogP contribution >= 0.6 is 17.0 Å². The van der Waals surface area contributed by atoms with Gasteiger partial charge in [0.15, 0.2) is 0 Å². The predicted octanol–water partition coefficient (Wildman–Crippen LogP) is 6.74. The van der Waals surface area contributed by atoms with Gasteiger partial charge in [-0.15, -0.1) is 18.1 Å². The van der Waals surface area contributed by atoms with Crippen molar-refractivity contribution in [3.63, 3.8) is 0 Å². The Hall–Kier alpha value is -1.34. The summed E-state index contributed by atoms with van der Waals surface area (Å²) in [5.74, 6) is 0. The van der Waals surface area contributed by atoms with Crippen LogP contribution in [0.2, 0.25) is 0 Å². The van der Waals surface area contributed by atoms with Gasteiger partial charge in [-0.05, 0) is 16.8 Å². The first-order chi connectivity index (χ1) is 12.8. The van der Waals surface area contributed by atoms with Gasteiger partial charge in [-0.25, -0.2) is 24.3 Å². The molecule has 0 N–H and O–H groups in total. The summed E-state index contributed by atoms with van der Waals surface area (Å²) in [7, 11) is 9.87. The van der Waals surface area contributed by atoms with Crippen LogP contribution in [0.3, 0.4) is 0 Å². The van der Waals surface area contributed by atoms with Crippen LogP contribution in [-0.4, -0.2) is 4.57 Å². The van der Waals surface area contributed by atoms with Gasteiger partial charge in [-0.3, -0.25) is 6.08 Å². The summed E-state index contributed by atoms with van der Waals surface area (Å²) in [6.07, 6.45) is 19.9. The fourth-order valence-electron chi connectivity index (χ4n) is 2.99. The summed E-state index contributed by atoms with van der Waals surface area (Å²) in [4.78, 5) is 0. The SMILES string of the molecule is [C-]1=CC=CC1.[C-]1=Cc2ccccc2C1n1cc2ccccc2c1.[Cl][Zr+2][Cl]. The van der Waals surface area contributed by atoms with E-state index in [9.17, 15) is 0 Å². The van der Waals surface area contributed by atoms with Crippen LogP contribution in [0, 0.1) is 12.2 Å². The minimum atomic E-state index is -0.826. The van der Waals surface area contributed by atoms with Crippen LogP contribution in [0.25, 0.3) is 16.8 Å². The van der Waals surface area contributed by atoms with Crippen LogP contribution in [0.4, 0.5) is 0 Å². The molecule has 0 bridgehead atoms. The number of fused-ring (bicyclic) bond motifs is 2. The number of hydrogen-bond acceptors (Lipinski definition) is 0. The summed E-state index contributed by atoms with van der Waals surface area (Å²) < 4.78 is 2.24. The van der Waals surface area contributed by atoms with Crippen LogP contribution in [0.1, 0.15) is 23.6 Å². The topological polar surface area (TPSA) is 4.93 Å². The van der Waals surface area contributed by atoms with Gasteiger partial charge in [-0.1, -0.05) is 42.5 Å². The molecule has 128 valence electrons. The molecule has 2 aliphatic carbocycles. The van der Waals surface area contributed by atoms with Gasteiger partial charge in [-0.2, -0.15) is 11.6 Å². The number of halogens is 2. The molecule has 3 aromatic rings. The second kappa shape index (κ2) is 10.1. The molecule has 0 amide bonds. The van der Waals surface area contributed by atoms with E-state index in [0.29, 0.717) is 0 Å². The molecule has 0 spiro atoms. The third-order valence-corrected chi connectivity index (χ3v) is 4.14. The van der Waals surface area contributed by atoms with Crippen molar-refractivity contribution in [2.45, 2.75) is 12.5 Å². The molecule has 1 heterocycles. The molecule has 26 heavy (non-hydrogen) atoms. The zero-order valence-electron chi connectivity index (χ0n) is 14.1. The number of rotatable bonds is 1. The van der Waals surface area contributed by atoms with Gasteiger partial charge in [0.25, 0.3) is 0 Å². The number of hydrogen-bond donors (Lipinski definition) is 0. The van der Waals surface area contributed by atoms with E-state index in [1.807, 2.05) is 12.2 Å². The average molecular weight is 458 g/mol. The molecular weight excluding hydrogens is 440 g/mol. The number of aromatic nitrogens is 1. The van der Waals surface area contributed by atoms with Crippen LogP contribution in [0.15, 0.2) is 79.2 Å². The Bertz CT molecular complexity index is 897. The predicted molar refractivity (Wildman–Crippen MR) is 108 cm³/mol. The van der Waals surface area contributed by atoms with Crippen molar-refractivity contribution in [2.75, 3.05) is 0 Å². The second-order valence-corrected chi connectivity index (χ2v) is 9.48. The van der Waals surface area contributed by atoms with E-state index in [4.69, 9.17) is 17.0 Å². The van der Waals surface area contributed by atoms with Gasteiger partial charge >= 0.3 is 37.9 Å². The molecule has 0 aliphatic heterocycles. The molecule has 0 saturated carbocycles. The Morgan fingerprint density at radius 2 is 1.62 bits per heavy atom. The molecule has 0 radical (unpaired) electrons. The van der Waals surface area contributed by atoms with Crippen LogP contribution in [0.5, 0.6) is 0 Å². The van der Waals surface area contributed by atoms with E-state index in [1.54, 1.807) is 0 Å². The molecule has 1 unspecified atom stereocenters. The Morgan fingerprint density at radius 1 is 0.962 bits per heavy atom. The molecule has 2 aliphatic rings. The summed E-state index contributed by atoms with van der Waals surface area (Å²) in [5.41, 5.74) is 2.61. The molecule has 0 saturated heterocycles. The Morgan fingerprint density at radius 3 is 2.19 bits per heavy atom. The fourth-order valence-corrected chi connectivity index (χ4v) is 2.99. The van der Waals surface area contributed by atoms with Gasteiger partial charge < -0.3 is 4.57 Å². The maximum absolute atomic E-state index is 4.93. The van der Waals surface area contributed by atoms with Crippen molar-refractivity contribution >= 4 is 33.9 Å². The van der Waals surface area contributed by atoms with Crippen molar-refractivity contribution in [1.82, 2.24) is 4.57 Å². The third-order valence-electron chi connectivity index (χ3n) is 4.14.